The number of fused-ring (bicyclic) bond motifs is 2. The number of rotatable bonds is 2. The number of sulfonamides is 1. The third-order valence-corrected chi connectivity index (χ3v) is 6.56. The molecule has 3 aliphatic rings. The van der Waals surface area contributed by atoms with Crippen molar-refractivity contribution >= 4 is 15.9 Å². The number of amides is 1. The molecule has 2 atom stereocenters. The monoisotopic (exact) mass is 299 g/mol. The molecule has 6 heteroatoms. The Bertz CT molecular complexity index is 507. The van der Waals surface area contributed by atoms with E-state index in [1.807, 2.05) is 6.08 Å². The van der Waals surface area contributed by atoms with Gasteiger partial charge in [0.05, 0.1) is 5.75 Å². The molecule has 2 heterocycles. The average Bonchev–Trinajstić information content (AvgIpc) is 2.79. The zero-order valence-corrected chi connectivity index (χ0v) is 12.3. The molecule has 0 aromatic carbocycles. The number of ether oxygens (including phenoxy) is 1. The van der Waals surface area contributed by atoms with E-state index in [-0.39, 0.29) is 23.6 Å². The molecule has 5 nitrogen and oxygen atoms in total. The zero-order valence-electron chi connectivity index (χ0n) is 11.5. The van der Waals surface area contributed by atoms with Gasteiger partial charge < -0.3 is 4.74 Å². The smallest absolute Gasteiger partial charge is 0.259 e. The number of allylic oxidation sites excluding steroid dienone is 1. The number of carbonyl (C=O) groups is 1. The molecule has 20 heavy (non-hydrogen) atoms. The summed E-state index contributed by atoms with van der Waals surface area (Å²) in [5, 5.41) is 0. The minimum Gasteiger partial charge on any atom is -0.381 e. The van der Waals surface area contributed by atoms with Gasteiger partial charge in [-0.3, -0.25) is 4.79 Å². The third kappa shape index (κ3) is 2.76. The van der Waals surface area contributed by atoms with Crippen molar-refractivity contribution in [1.82, 2.24) is 4.31 Å². The molecule has 112 valence electrons. The Labute approximate surface area is 120 Å². The Morgan fingerprint density at radius 3 is 2.65 bits per heavy atom. The fraction of sp³-hybridized carbons (Fsp3) is 0.786. The number of hydrogen-bond acceptors (Lipinski definition) is 4. The van der Waals surface area contributed by atoms with Crippen LogP contribution in [0.25, 0.3) is 0 Å². The van der Waals surface area contributed by atoms with Gasteiger partial charge in [-0.25, -0.2) is 12.7 Å². The standard InChI is InChI=1S/C14H21NO4S/c16-14(4-2-11-5-7-19-8-6-11)15-13-3-1-12(9-13)10-20(15,17)18/h2,4,11-13H,1,3,5-10H2/b4-2+/t12-,13+/m0/s1. The van der Waals surface area contributed by atoms with Crippen LogP contribution in [0.2, 0.25) is 0 Å². The van der Waals surface area contributed by atoms with E-state index in [9.17, 15) is 13.2 Å². The van der Waals surface area contributed by atoms with Gasteiger partial charge in [0.1, 0.15) is 0 Å². The van der Waals surface area contributed by atoms with Crippen LogP contribution in [0, 0.1) is 11.8 Å². The van der Waals surface area contributed by atoms with Gasteiger partial charge in [0.25, 0.3) is 5.91 Å². The molecule has 0 N–H and O–H groups in total. The molecule has 0 aromatic rings. The summed E-state index contributed by atoms with van der Waals surface area (Å²) in [6.07, 6.45) is 7.73. The highest BCUT2D eigenvalue weighted by Crippen LogP contribution is 2.37. The summed E-state index contributed by atoms with van der Waals surface area (Å²) >= 11 is 0. The van der Waals surface area contributed by atoms with E-state index in [0.29, 0.717) is 5.92 Å². The second-order valence-corrected chi connectivity index (χ2v) is 7.94. The van der Waals surface area contributed by atoms with Gasteiger partial charge in [0, 0.05) is 25.3 Å². The lowest BCUT2D eigenvalue weighted by atomic mass is 10.00. The first kappa shape index (κ1) is 14.1. The van der Waals surface area contributed by atoms with Crippen LogP contribution >= 0.6 is 0 Å². The molecule has 0 spiro atoms. The SMILES string of the molecule is O=C(/C=C/C1CCOCC1)N1[C@@H]2CC[C@@H](C2)CS1(=O)=O. The number of hydrogen-bond donors (Lipinski definition) is 0. The highest BCUT2D eigenvalue weighted by Gasteiger charge is 2.45. The fourth-order valence-electron chi connectivity index (χ4n) is 3.54. The summed E-state index contributed by atoms with van der Waals surface area (Å²) in [4.78, 5) is 12.3. The highest BCUT2D eigenvalue weighted by molar-refractivity contribution is 7.89. The molecule has 0 radical (unpaired) electrons. The summed E-state index contributed by atoms with van der Waals surface area (Å²) in [6, 6.07) is -0.106. The van der Waals surface area contributed by atoms with Gasteiger partial charge in [-0.2, -0.15) is 0 Å². The molecule has 2 aliphatic heterocycles. The lowest BCUT2D eigenvalue weighted by Gasteiger charge is -2.31. The quantitative estimate of drug-likeness (QED) is 0.721. The third-order valence-electron chi connectivity index (χ3n) is 4.59. The van der Waals surface area contributed by atoms with Crippen LogP contribution in [-0.4, -0.2) is 43.6 Å². The Kier molecular flexibility index (Phi) is 3.86. The van der Waals surface area contributed by atoms with Gasteiger partial charge in [-0.15, -0.1) is 0 Å². The number of nitrogens with zero attached hydrogens (tertiary/aromatic N) is 1. The van der Waals surface area contributed by atoms with E-state index < -0.39 is 10.0 Å². The van der Waals surface area contributed by atoms with E-state index in [1.54, 1.807) is 0 Å². The van der Waals surface area contributed by atoms with Gasteiger partial charge in [0.15, 0.2) is 0 Å². The summed E-state index contributed by atoms with van der Waals surface area (Å²) in [7, 11) is -3.40. The summed E-state index contributed by atoms with van der Waals surface area (Å²) < 4.78 is 30.8. The molecular weight excluding hydrogens is 278 g/mol. The molecule has 1 aliphatic carbocycles. The number of carbonyl (C=O) groups excluding carboxylic acids is 1. The lowest BCUT2D eigenvalue weighted by Crippen LogP contribution is -2.47. The van der Waals surface area contributed by atoms with Crippen molar-refractivity contribution in [2.75, 3.05) is 19.0 Å². The molecule has 2 saturated heterocycles. The molecular formula is C14H21NO4S. The van der Waals surface area contributed by atoms with Crippen LogP contribution in [0.5, 0.6) is 0 Å². The summed E-state index contributed by atoms with van der Waals surface area (Å²) in [6.45, 7) is 1.44. The zero-order chi connectivity index (χ0) is 14.2. The maximum atomic E-state index is 12.3. The van der Waals surface area contributed by atoms with Crippen LogP contribution in [0.4, 0.5) is 0 Å². The maximum absolute atomic E-state index is 12.3. The van der Waals surface area contributed by atoms with Crippen LogP contribution < -0.4 is 0 Å². The van der Waals surface area contributed by atoms with Gasteiger partial charge in [0.2, 0.25) is 10.0 Å². The van der Waals surface area contributed by atoms with Crippen LogP contribution in [0.1, 0.15) is 32.1 Å². The Balaban J connectivity index is 1.70. The van der Waals surface area contributed by atoms with Crippen molar-refractivity contribution < 1.29 is 17.9 Å². The van der Waals surface area contributed by atoms with Crippen molar-refractivity contribution in [1.29, 1.82) is 0 Å². The highest BCUT2D eigenvalue weighted by atomic mass is 32.2. The van der Waals surface area contributed by atoms with E-state index in [1.165, 1.54) is 6.08 Å². The van der Waals surface area contributed by atoms with E-state index in [4.69, 9.17) is 4.74 Å². The topological polar surface area (TPSA) is 63.7 Å². The minimum atomic E-state index is -3.40. The minimum absolute atomic E-state index is 0.106. The van der Waals surface area contributed by atoms with E-state index >= 15 is 0 Å². The predicted octanol–water partition coefficient (Wildman–Crippen LogP) is 1.31. The van der Waals surface area contributed by atoms with Crippen molar-refractivity contribution in [3.05, 3.63) is 12.2 Å². The van der Waals surface area contributed by atoms with E-state index in [0.717, 1.165) is 49.6 Å². The average molecular weight is 299 g/mol. The van der Waals surface area contributed by atoms with Crippen LogP contribution in [0.15, 0.2) is 12.2 Å². The van der Waals surface area contributed by atoms with Crippen molar-refractivity contribution in [2.24, 2.45) is 11.8 Å². The van der Waals surface area contributed by atoms with Crippen molar-refractivity contribution in [2.45, 2.75) is 38.1 Å². The first-order valence-corrected chi connectivity index (χ1v) is 8.99. The van der Waals surface area contributed by atoms with E-state index in [2.05, 4.69) is 0 Å². The second kappa shape index (κ2) is 5.48. The normalized spacial score (nSPS) is 33.7. The first-order valence-electron chi connectivity index (χ1n) is 7.38. The van der Waals surface area contributed by atoms with Gasteiger partial charge >= 0.3 is 0 Å². The van der Waals surface area contributed by atoms with Crippen LogP contribution in [-0.2, 0) is 19.6 Å². The second-order valence-electron chi connectivity index (χ2n) is 6.05. The Morgan fingerprint density at radius 1 is 1.15 bits per heavy atom. The molecule has 2 bridgehead atoms. The first-order chi connectivity index (χ1) is 9.56. The predicted molar refractivity (Wildman–Crippen MR) is 74.4 cm³/mol. The summed E-state index contributed by atoms with van der Waals surface area (Å²) in [5.74, 6) is 0.368. The molecule has 3 rings (SSSR count). The molecule has 1 saturated carbocycles. The Hall–Kier alpha value is -0.880. The molecule has 0 aromatic heterocycles. The Morgan fingerprint density at radius 2 is 1.90 bits per heavy atom. The molecule has 3 fully saturated rings. The maximum Gasteiger partial charge on any atom is 0.259 e. The molecule has 1 amide bonds. The van der Waals surface area contributed by atoms with Crippen LogP contribution in [0.3, 0.4) is 0 Å². The van der Waals surface area contributed by atoms with Gasteiger partial charge in [-0.05, 0) is 43.9 Å². The van der Waals surface area contributed by atoms with Crippen molar-refractivity contribution in [3.63, 3.8) is 0 Å². The molecule has 0 unspecified atom stereocenters. The fourth-order valence-corrected chi connectivity index (χ4v) is 5.58. The largest absolute Gasteiger partial charge is 0.381 e. The van der Waals surface area contributed by atoms with Gasteiger partial charge in [-0.1, -0.05) is 6.08 Å². The van der Waals surface area contributed by atoms with Crippen molar-refractivity contribution in [3.8, 4) is 0 Å². The lowest BCUT2D eigenvalue weighted by molar-refractivity contribution is -0.123. The summed E-state index contributed by atoms with van der Waals surface area (Å²) in [5.41, 5.74) is 0.